The third-order valence-corrected chi connectivity index (χ3v) is 3.19. The number of nitrogens with zero attached hydrogens (tertiary/aromatic N) is 1. The van der Waals surface area contributed by atoms with Gasteiger partial charge in [0.2, 0.25) is 0 Å². The Morgan fingerprint density at radius 3 is 2.71 bits per heavy atom. The average Bonchev–Trinajstić information content (AvgIpc) is 2.82. The number of halogens is 1. The van der Waals surface area contributed by atoms with E-state index < -0.39 is 0 Å². The van der Waals surface area contributed by atoms with Gasteiger partial charge in [-0.2, -0.15) is 0 Å². The van der Waals surface area contributed by atoms with Crippen LogP contribution in [0.5, 0.6) is 0 Å². The zero-order valence-electron chi connectivity index (χ0n) is 7.74. The number of hydrogen-bond donors (Lipinski definition) is 0. The molecular formula is C10H10BrNO2. The first-order chi connectivity index (χ1) is 6.59. The highest BCUT2D eigenvalue weighted by molar-refractivity contribution is 9.10. The van der Waals surface area contributed by atoms with E-state index in [2.05, 4.69) is 22.9 Å². The standard InChI is InChI=1S/C10H10BrNO2/c1-6-4-9(6)8-3-2-7(11)5-10(8)12(13)14/h2-3,5-6,9H,4H2,1H3. The molecule has 1 aromatic rings. The Kier molecular flexibility index (Phi) is 2.31. The minimum absolute atomic E-state index is 0.244. The van der Waals surface area contributed by atoms with Crippen LogP contribution in [0.1, 0.15) is 24.8 Å². The Hall–Kier alpha value is -0.900. The van der Waals surface area contributed by atoms with Crippen LogP contribution in [0.3, 0.4) is 0 Å². The van der Waals surface area contributed by atoms with Crippen molar-refractivity contribution in [2.75, 3.05) is 0 Å². The molecule has 0 radical (unpaired) electrons. The molecule has 1 aliphatic rings. The molecule has 0 aliphatic heterocycles. The van der Waals surface area contributed by atoms with Crippen LogP contribution in [0.25, 0.3) is 0 Å². The summed E-state index contributed by atoms with van der Waals surface area (Å²) in [5, 5.41) is 10.8. The van der Waals surface area contributed by atoms with Gasteiger partial charge in [0.1, 0.15) is 0 Å². The van der Waals surface area contributed by atoms with Crippen molar-refractivity contribution in [3.8, 4) is 0 Å². The van der Waals surface area contributed by atoms with Gasteiger partial charge in [0.15, 0.2) is 0 Å². The number of hydrogen-bond acceptors (Lipinski definition) is 2. The lowest BCUT2D eigenvalue weighted by molar-refractivity contribution is -0.385. The van der Waals surface area contributed by atoms with Crippen LogP contribution in [0, 0.1) is 16.0 Å². The van der Waals surface area contributed by atoms with E-state index in [-0.39, 0.29) is 10.6 Å². The lowest BCUT2D eigenvalue weighted by Crippen LogP contribution is -1.94. The molecule has 74 valence electrons. The van der Waals surface area contributed by atoms with Gasteiger partial charge in [0.05, 0.1) is 4.92 Å². The summed E-state index contributed by atoms with van der Waals surface area (Å²) < 4.78 is 0.765. The van der Waals surface area contributed by atoms with Gasteiger partial charge in [-0.25, -0.2) is 0 Å². The van der Waals surface area contributed by atoms with E-state index in [1.807, 2.05) is 12.1 Å². The number of nitro benzene ring substituents is 1. The van der Waals surface area contributed by atoms with Crippen molar-refractivity contribution in [2.45, 2.75) is 19.3 Å². The van der Waals surface area contributed by atoms with Gasteiger partial charge in [-0.05, 0) is 24.3 Å². The second kappa shape index (κ2) is 3.35. The van der Waals surface area contributed by atoms with Crippen LogP contribution >= 0.6 is 15.9 Å². The second-order valence-electron chi connectivity index (χ2n) is 3.78. The molecule has 0 N–H and O–H groups in total. The smallest absolute Gasteiger partial charge is 0.258 e. The van der Waals surface area contributed by atoms with Crippen molar-refractivity contribution in [1.29, 1.82) is 0 Å². The Morgan fingerprint density at radius 1 is 1.57 bits per heavy atom. The van der Waals surface area contributed by atoms with Gasteiger partial charge in [-0.1, -0.05) is 28.9 Å². The van der Waals surface area contributed by atoms with Gasteiger partial charge < -0.3 is 0 Å². The van der Waals surface area contributed by atoms with Crippen molar-refractivity contribution in [1.82, 2.24) is 0 Å². The highest BCUT2D eigenvalue weighted by atomic mass is 79.9. The molecule has 0 bridgehead atoms. The molecule has 0 heterocycles. The van der Waals surface area contributed by atoms with E-state index in [4.69, 9.17) is 0 Å². The monoisotopic (exact) mass is 255 g/mol. The minimum Gasteiger partial charge on any atom is -0.258 e. The van der Waals surface area contributed by atoms with E-state index in [0.29, 0.717) is 11.8 Å². The maximum absolute atomic E-state index is 10.8. The van der Waals surface area contributed by atoms with Crippen LogP contribution in [-0.4, -0.2) is 4.92 Å². The minimum atomic E-state index is -0.300. The third kappa shape index (κ3) is 1.66. The van der Waals surface area contributed by atoms with Crippen LogP contribution in [0.15, 0.2) is 22.7 Å². The fourth-order valence-corrected chi connectivity index (χ4v) is 2.09. The molecule has 1 aliphatic carbocycles. The predicted molar refractivity (Wildman–Crippen MR) is 57.3 cm³/mol. The molecule has 1 saturated carbocycles. The summed E-state index contributed by atoms with van der Waals surface area (Å²) in [4.78, 5) is 10.5. The summed E-state index contributed by atoms with van der Waals surface area (Å²) in [6.45, 7) is 2.12. The van der Waals surface area contributed by atoms with Gasteiger partial charge >= 0.3 is 0 Å². The van der Waals surface area contributed by atoms with Crippen molar-refractivity contribution >= 4 is 21.6 Å². The molecule has 0 spiro atoms. The summed E-state index contributed by atoms with van der Waals surface area (Å²) in [5.74, 6) is 0.985. The Morgan fingerprint density at radius 2 is 2.21 bits per heavy atom. The molecule has 3 nitrogen and oxygen atoms in total. The molecule has 2 atom stereocenters. The molecule has 2 unspecified atom stereocenters. The molecule has 0 aromatic heterocycles. The van der Waals surface area contributed by atoms with Crippen LogP contribution in [0.4, 0.5) is 5.69 Å². The second-order valence-corrected chi connectivity index (χ2v) is 4.70. The lowest BCUT2D eigenvalue weighted by atomic mass is 10.1. The quantitative estimate of drug-likeness (QED) is 0.600. The maximum Gasteiger partial charge on any atom is 0.274 e. The molecule has 1 fully saturated rings. The van der Waals surface area contributed by atoms with E-state index in [0.717, 1.165) is 16.5 Å². The normalized spacial score (nSPS) is 24.7. The zero-order valence-corrected chi connectivity index (χ0v) is 9.32. The number of benzene rings is 1. The lowest BCUT2D eigenvalue weighted by Gasteiger charge is -2.01. The molecule has 1 aromatic carbocycles. The van der Waals surface area contributed by atoms with Crippen molar-refractivity contribution in [3.05, 3.63) is 38.3 Å². The molecule has 14 heavy (non-hydrogen) atoms. The molecule has 4 heteroatoms. The Bertz CT molecular complexity index is 392. The first kappa shape index (κ1) is 9.65. The van der Waals surface area contributed by atoms with E-state index in [9.17, 15) is 10.1 Å². The Balaban J connectivity index is 2.43. The predicted octanol–water partition coefficient (Wildman–Crippen LogP) is 3.48. The van der Waals surface area contributed by atoms with Gasteiger partial charge in [-0.3, -0.25) is 10.1 Å². The maximum atomic E-state index is 10.8. The largest absolute Gasteiger partial charge is 0.274 e. The highest BCUT2D eigenvalue weighted by Gasteiger charge is 2.38. The molecular weight excluding hydrogens is 246 g/mol. The average molecular weight is 256 g/mol. The van der Waals surface area contributed by atoms with Gasteiger partial charge in [0, 0.05) is 16.1 Å². The third-order valence-electron chi connectivity index (χ3n) is 2.70. The van der Waals surface area contributed by atoms with Crippen molar-refractivity contribution in [3.63, 3.8) is 0 Å². The van der Waals surface area contributed by atoms with E-state index in [1.54, 1.807) is 6.07 Å². The zero-order chi connectivity index (χ0) is 10.3. The van der Waals surface area contributed by atoms with Crippen LogP contribution < -0.4 is 0 Å². The SMILES string of the molecule is CC1CC1c1ccc(Br)cc1[N+](=O)[O-]. The summed E-state index contributed by atoms with van der Waals surface area (Å²) in [6, 6.07) is 5.31. The summed E-state index contributed by atoms with van der Waals surface area (Å²) >= 11 is 3.24. The topological polar surface area (TPSA) is 43.1 Å². The highest BCUT2D eigenvalue weighted by Crippen LogP contribution is 2.50. The van der Waals surface area contributed by atoms with Gasteiger partial charge in [-0.15, -0.1) is 0 Å². The molecule has 0 amide bonds. The van der Waals surface area contributed by atoms with E-state index >= 15 is 0 Å². The summed E-state index contributed by atoms with van der Waals surface area (Å²) in [5.41, 5.74) is 1.12. The first-order valence-electron chi connectivity index (χ1n) is 4.53. The van der Waals surface area contributed by atoms with Gasteiger partial charge in [0.25, 0.3) is 5.69 Å². The fourth-order valence-electron chi connectivity index (χ4n) is 1.74. The Labute approximate surface area is 90.4 Å². The summed E-state index contributed by atoms with van der Waals surface area (Å²) in [7, 11) is 0. The van der Waals surface area contributed by atoms with Crippen LogP contribution in [-0.2, 0) is 0 Å². The molecule has 2 rings (SSSR count). The number of nitro groups is 1. The fraction of sp³-hybridized carbons (Fsp3) is 0.400. The number of rotatable bonds is 2. The molecule has 0 saturated heterocycles. The van der Waals surface area contributed by atoms with Crippen molar-refractivity contribution < 1.29 is 4.92 Å². The van der Waals surface area contributed by atoms with Crippen LogP contribution in [0.2, 0.25) is 0 Å². The van der Waals surface area contributed by atoms with E-state index in [1.165, 1.54) is 0 Å². The van der Waals surface area contributed by atoms with Crippen molar-refractivity contribution in [2.24, 2.45) is 5.92 Å². The summed E-state index contributed by atoms with van der Waals surface area (Å²) in [6.07, 6.45) is 1.07. The first-order valence-corrected chi connectivity index (χ1v) is 5.32.